The van der Waals surface area contributed by atoms with Crippen LogP contribution in [0.1, 0.15) is 23.7 Å². The second-order valence-corrected chi connectivity index (χ2v) is 7.21. The molecule has 1 amide bonds. The van der Waals surface area contributed by atoms with Crippen molar-refractivity contribution in [2.45, 2.75) is 26.3 Å². The first kappa shape index (κ1) is 17.4. The summed E-state index contributed by atoms with van der Waals surface area (Å²) in [6.45, 7) is 2.63. The van der Waals surface area contributed by atoms with E-state index < -0.39 is 0 Å². The number of hydrogen-bond donors (Lipinski definition) is 1. The topological polar surface area (TPSA) is 59.3 Å². The molecule has 6 heteroatoms. The van der Waals surface area contributed by atoms with E-state index in [-0.39, 0.29) is 5.91 Å². The molecule has 0 aliphatic heterocycles. The van der Waals surface area contributed by atoms with Crippen LogP contribution < -0.4 is 5.32 Å². The lowest BCUT2D eigenvalue weighted by Gasteiger charge is -2.04. The van der Waals surface area contributed by atoms with Gasteiger partial charge in [-0.1, -0.05) is 37.3 Å². The number of aromatic nitrogens is 3. The van der Waals surface area contributed by atoms with Crippen LogP contribution >= 0.6 is 11.3 Å². The number of nitrogens with zero attached hydrogens (tertiary/aromatic N) is 3. The van der Waals surface area contributed by atoms with Crippen LogP contribution in [-0.4, -0.2) is 20.3 Å². The van der Waals surface area contributed by atoms with Gasteiger partial charge in [0.1, 0.15) is 0 Å². The second-order valence-electron chi connectivity index (χ2n) is 6.37. The largest absolute Gasteiger partial charge is 0.352 e. The molecule has 0 aliphatic carbocycles. The van der Waals surface area contributed by atoms with Crippen molar-refractivity contribution >= 4 is 22.2 Å². The molecule has 3 aromatic heterocycles. The number of carbonyl (C=O) groups excluding carboxylic acids is 1. The Kier molecular flexibility index (Phi) is 4.98. The maximum absolute atomic E-state index is 12.3. The van der Waals surface area contributed by atoms with E-state index in [2.05, 4.69) is 41.5 Å². The van der Waals surface area contributed by atoms with Crippen molar-refractivity contribution in [1.82, 2.24) is 19.7 Å². The number of nitrogens with one attached hydrogen (secondary N) is 1. The fourth-order valence-corrected chi connectivity index (χ4v) is 3.81. The summed E-state index contributed by atoms with van der Waals surface area (Å²) in [5, 5.41) is 4.94. The number of fused-ring (bicyclic) bond motifs is 1. The normalized spacial score (nSPS) is 11.0. The van der Waals surface area contributed by atoms with Gasteiger partial charge in [0, 0.05) is 41.8 Å². The van der Waals surface area contributed by atoms with E-state index in [4.69, 9.17) is 4.98 Å². The molecule has 3 heterocycles. The molecular formula is C21H20N4OS. The van der Waals surface area contributed by atoms with Crippen LogP contribution in [0, 0.1) is 0 Å². The van der Waals surface area contributed by atoms with E-state index in [1.54, 1.807) is 23.7 Å². The Morgan fingerprint density at radius 3 is 2.78 bits per heavy atom. The highest BCUT2D eigenvalue weighted by Gasteiger charge is 2.12. The minimum atomic E-state index is -0.0129. The first-order valence-electron chi connectivity index (χ1n) is 8.93. The van der Waals surface area contributed by atoms with Crippen LogP contribution in [0.2, 0.25) is 0 Å². The zero-order valence-corrected chi connectivity index (χ0v) is 15.9. The van der Waals surface area contributed by atoms with Crippen molar-refractivity contribution in [3.05, 3.63) is 77.2 Å². The molecule has 0 spiro atoms. The summed E-state index contributed by atoms with van der Waals surface area (Å²) >= 11 is 1.56. The van der Waals surface area contributed by atoms with Gasteiger partial charge in [0.15, 0.2) is 4.96 Å². The Labute approximate surface area is 161 Å². The van der Waals surface area contributed by atoms with Crippen molar-refractivity contribution in [3.63, 3.8) is 0 Å². The number of carbonyl (C=O) groups is 1. The van der Waals surface area contributed by atoms with Crippen molar-refractivity contribution in [2.24, 2.45) is 0 Å². The second kappa shape index (κ2) is 7.72. The Morgan fingerprint density at radius 2 is 2.04 bits per heavy atom. The Balaban J connectivity index is 1.47. The molecule has 1 N–H and O–H groups in total. The van der Waals surface area contributed by atoms with Gasteiger partial charge in [0.05, 0.1) is 12.1 Å². The average Bonchev–Trinajstić information content (AvgIpc) is 3.29. The predicted octanol–water partition coefficient (Wildman–Crippen LogP) is 3.88. The zero-order valence-electron chi connectivity index (χ0n) is 15.1. The molecule has 0 saturated heterocycles. The maximum Gasteiger partial charge on any atom is 0.226 e. The van der Waals surface area contributed by atoms with Gasteiger partial charge in [-0.3, -0.25) is 14.2 Å². The molecule has 4 aromatic rings. The van der Waals surface area contributed by atoms with Crippen LogP contribution in [-0.2, 0) is 24.2 Å². The van der Waals surface area contributed by atoms with Crippen LogP contribution in [0.15, 0.2) is 60.4 Å². The van der Waals surface area contributed by atoms with Gasteiger partial charge in [-0.25, -0.2) is 4.98 Å². The molecule has 0 fully saturated rings. The van der Waals surface area contributed by atoms with Gasteiger partial charge in [0.2, 0.25) is 5.91 Å². The summed E-state index contributed by atoms with van der Waals surface area (Å²) in [5.74, 6) is -0.0129. The summed E-state index contributed by atoms with van der Waals surface area (Å²) in [4.78, 5) is 22.0. The summed E-state index contributed by atoms with van der Waals surface area (Å²) < 4.78 is 2.01. The molecule has 0 radical (unpaired) electrons. The van der Waals surface area contributed by atoms with Crippen molar-refractivity contribution in [3.8, 4) is 11.3 Å². The highest BCUT2D eigenvalue weighted by molar-refractivity contribution is 7.15. The van der Waals surface area contributed by atoms with E-state index in [0.717, 1.165) is 33.9 Å². The molecule has 4 rings (SSSR count). The maximum atomic E-state index is 12.3. The predicted molar refractivity (Wildman–Crippen MR) is 108 cm³/mol. The highest BCUT2D eigenvalue weighted by atomic mass is 32.1. The van der Waals surface area contributed by atoms with Crippen molar-refractivity contribution < 1.29 is 4.79 Å². The molecule has 0 saturated carbocycles. The monoisotopic (exact) mass is 376 g/mol. The molecule has 136 valence electrons. The summed E-state index contributed by atoms with van der Waals surface area (Å²) in [5.41, 5.74) is 5.27. The van der Waals surface area contributed by atoms with E-state index in [1.165, 1.54) is 5.56 Å². The van der Waals surface area contributed by atoms with Gasteiger partial charge in [-0.05, 0) is 23.6 Å². The number of imidazole rings is 1. The lowest BCUT2D eigenvalue weighted by atomic mass is 10.1. The number of pyridine rings is 1. The third-order valence-electron chi connectivity index (χ3n) is 4.50. The molecule has 0 atom stereocenters. The zero-order chi connectivity index (χ0) is 18.6. The lowest BCUT2D eigenvalue weighted by Crippen LogP contribution is -2.25. The Bertz CT molecular complexity index is 1050. The summed E-state index contributed by atoms with van der Waals surface area (Å²) in [6, 6.07) is 12.3. The summed E-state index contributed by atoms with van der Waals surface area (Å²) in [6.07, 6.45) is 6.84. The van der Waals surface area contributed by atoms with Crippen molar-refractivity contribution in [2.75, 3.05) is 0 Å². The Morgan fingerprint density at radius 1 is 1.19 bits per heavy atom. The number of rotatable bonds is 6. The fourth-order valence-electron chi connectivity index (χ4n) is 2.94. The van der Waals surface area contributed by atoms with E-state index >= 15 is 0 Å². The Hall–Kier alpha value is -2.99. The molecule has 27 heavy (non-hydrogen) atoms. The third kappa shape index (κ3) is 3.90. The molecular weight excluding hydrogens is 356 g/mol. The highest BCUT2D eigenvalue weighted by Crippen LogP contribution is 2.24. The number of benzene rings is 1. The average molecular weight is 376 g/mol. The first-order valence-corrected chi connectivity index (χ1v) is 9.81. The first-order chi connectivity index (χ1) is 13.2. The van der Waals surface area contributed by atoms with Crippen LogP contribution in [0.4, 0.5) is 0 Å². The quantitative estimate of drug-likeness (QED) is 0.556. The fraction of sp³-hybridized carbons (Fsp3) is 0.190. The molecule has 5 nitrogen and oxygen atoms in total. The number of thiazole rings is 1. The number of aryl methyl sites for hydroxylation is 1. The summed E-state index contributed by atoms with van der Waals surface area (Å²) in [7, 11) is 0. The smallest absolute Gasteiger partial charge is 0.226 e. The minimum absolute atomic E-state index is 0.0129. The molecule has 0 aliphatic rings. The minimum Gasteiger partial charge on any atom is -0.352 e. The van der Waals surface area contributed by atoms with E-state index in [1.807, 2.05) is 28.1 Å². The number of hydrogen-bond acceptors (Lipinski definition) is 4. The molecule has 0 bridgehead atoms. The van der Waals surface area contributed by atoms with Crippen molar-refractivity contribution in [1.29, 1.82) is 0 Å². The lowest BCUT2D eigenvalue weighted by molar-refractivity contribution is -0.120. The van der Waals surface area contributed by atoms with Crippen LogP contribution in [0.25, 0.3) is 16.2 Å². The molecule has 1 aromatic carbocycles. The number of amides is 1. The van der Waals surface area contributed by atoms with E-state index in [0.29, 0.717) is 13.0 Å². The van der Waals surface area contributed by atoms with Gasteiger partial charge in [-0.2, -0.15) is 0 Å². The van der Waals surface area contributed by atoms with Gasteiger partial charge >= 0.3 is 0 Å². The van der Waals surface area contributed by atoms with Gasteiger partial charge in [-0.15, -0.1) is 11.3 Å². The third-order valence-corrected chi connectivity index (χ3v) is 5.38. The van der Waals surface area contributed by atoms with Gasteiger partial charge in [0.25, 0.3) is 0 Å². The standard InChI is InChI=1S/C21H20N4OS/c1-2-15-5-7-17(8-6-15)19-13-25-18(14-27-21(25)24-19)10-20(26)23-12-16-4-3-9-22-11-16/h3-9,11,13-14H,2,10,12H2,1H3,(H,23,26). The van der Waals surface area contributed by atoms with Crippen LogP contribution in [0.3, 0.4) is 0 Å². The van der Waals surface area contributed by atoms with Gasteiger partial charge < -0.3 is 5.32 Å². The SMILES string of the molecule is CCc1ccc(-c2cn3c(CC(=O)NCc4cccnc4)csc3n2)cc1. The van der Waals surface area contributed by atoms with E-state index in [9.17, 15) is 4.79 Å². The molecule has 0 unspecified atom stereocenters. The van der Waals surface area contributed by atoms with Crippen LogP contribution in [0.5, 0.6) is 0 Å².